The maximum absolute atomic E-state index is 13.3. The van der Waals surface area contributed by atoms with Gasteiger partial charge in [-0.25, -0.2) is 13.4 Å². The number of halogens is 1. The van der Waals surface area contributed by atoms with Crippen LogP contribution in [0.15, 0.2) is 54.6 Å². The number of nitrogens with zero attached hydrogens (tertiary/aromatic N) is 2. The van der Waals surface area contributed by atoms with Gasteiger partial charge >= 0.3 is 0 Å². The molecule has 1 heterocycles. The molecule has 2 aromatic carbocycles. The lowest BCUT2D eigenvalue weighted by atomic mass is 10.1. The molecular weight excluding hydrogens is 524 g/mol. The molecule has 0 aliphatic carbocycles. The fourth-order valence-corrected chi connectivity index (χ4v) is 5.39. The van der Waals surface area contributed by atoms with E-state index in [1.165, 1.54) is 12.0 Å². The van der Waals surface area contributed by atoms with E-state index in [4.69, 9.17) is 16.3 Å². The zero-order chi connectivity index (χ0) is 26.3. The van der Waals surface area contributed by atoms with Gasteiger partial charge in [-0.3, -0.25) is 9.59 Å². The van der Waals surface area contributed by atoms with Crippen molar-refractivity contribution in [2.24, 2.45) is 0 Å². The van der Waals surface area contributed by atoms with E-state index in [-0.39, 0.29) is 16.6 Å². The summed E-state index contributed by atoms with van der Waals surface area (Å²) in [5, 5.41) is 11.2. The Balaban J connectivity index is 1.79. The molecule has 0 bridgehead atoms. The van der Waals surface area contributed by atoms with E-state index in [9.17, 15) is 23.1 Å². The first-order valence-electron chi connectivity index (χ1n) is 11.1. The summed E-state index contributed by atoms with van der Waals surface area (Å²) in [6, 6.07) is 16.4. The standard InChI is InChI=1S/C25H27ClN2O6S2/c1-34-19-12-10-18(11-13-19)23(30)25(31)28(14-6-9-17-7-4-3-5-8-17)15-21-27-22(24(26)35-21)20(29)16-36(2,32)33/h3-5,7-8,10-13,23,30H,6,9,14-16H2,1-2H3/t23-/m1/s1. The summed E-state index contributed by atoms with van der Waals surface area (Å²) in [6.07, 6.45) is 0.901. The fraction of sp³-hybridized carbons (Fsp3) is 0.320. The highest BCUT2D eigenvalue weighted by Crippen LogP contribution is 2.27. The molecule has 0 aliphatic rings. The van der Waals surface area contributed by atoms with Gasteiger partial charge < -0.3 is 14.7 Å². The number of benzene rings is 2. The van der Waals surface area contributed by atoms with Gasteiger partial charge in [-0.2, -0.15) is 0 Å². The van der Waals surface area contributed by atoms with Gasteiger partial charge in [0.1, 0.15) is 26.5 Å². The smallest absolute Gasteiger partial charge is 0.256 e. The van der Waals surface area contributed by atoms with E-state index >= 15 is 0 Å². The molecule has 8 nitrogen and oxygen atoms in total. The van der Waals surface area contributed by atoms with E-state index in [2.05, 4.69) is 4.98 Å². The highest BCUT2D eigenvalue weighted by atomic mass is 35.5. The zero-order valence-electron chi connectivity index (χ0n) is 19.9. The van der Waals surface area contributed by atoms with Gasteiger partial charge in [0.05, 0.1) is 13.7 Å². The second-order valence-corrected chi connectivity index (χ2v) is 12.1. The van der Waals surface area contributed by atoms with Crippen LogP contribution in [0, 0.1) is 0 Å². The molecule has 3 rings (SSSR count). The molecule has 1 amide bonds. The molecule has 0 saturated heterocycles. The molecule has 1 atom stereocenters. The predicted molar refractivity (Wildman–Crippen MR) is 139 cm³/mol. The molecule has 0 fully saturated rings. The average molecular weight is 551 g/mol. The van der Waals surface area contributed by atoms with Gasteiger partial charge in [0.25, 0.3) is 5.91 Å². The number of ketones is 1. The number of hydrogen-bond donors (Lipinski definition) is 1. The Hall–Kier alpha value is -2.79. The Morgan fingerprint density at radius 1 is 1.14 bits per heavy atom. The maximum Gasteiger partial charge on any atom is 0.256 e. The first kappa shape index (κ1) is 27.8. The number of aryl methyl sites for hydroxylation is 1. The number of aromatic nitrogens is 1. The van der Waals surface area contributed by atoms with Crippen molar-refractivity contribution >= 4 is 44.5 Å². The third kappa shape index (κ3) is 7.86. The summed E-state index contributed by atoms with van der Waals surface area (Å²) in [7, 11) is -2.02. The second-order valence-electron chi connectivity index (χ2n) is 8.25. The zero-order valence-corrected chi connectivity index (χ0v) is 22.3. The number of ether oxygens (including phenoxy) is 1. The molecule has 0 unspecified atom stereocenters. The molecule has 192 valence electrons. The quantitative estimate of drug-likeness (QED) is 0.342. The van der Waals surface area contributed by atoms with Crippen LogP contribution in [0.1, 0.15) is 39.1 Å². The summed E-state index contributed by atoms with van der Waals surface area (Å²) in [4.78, 5) is 31.3. The maximum atomic E-state index is 13.3. The van der Waals surface area contributed by atoms with Crippen LogP contribution in [0.2, 0.25) is 4.34 Å². The Bertz CT molecular complexity index is 1290. The van der Waals surface area contributed by atoms with E-state index in [0.29, 0.717) is 29.3 Å². The van der Waals surface area contributed by atoms with Gasteiger partial charge in [0, 0.05) is 12.8 Å². The van der Waals surface area contributed by atoms with Gasteiger partial charge in [-0.05, 0) is 36.1 Å². The van der Waals surface area contributed by atoms with Crippen molar-refractivity contribution in [3.05, 3.63) is 80.8 Å². The SMILES string of the molecule is COc1ccc([C@@H](O)C(=O)N(CCCc2ccccc2)Cc2nc(C(=O)CS(C)(=O)=O)c(Cl)s2)cc1. The normalized spacial score (nSPS) is 12.2. The number of amides is 1. The van der Waals surface area contributed by atoms with Crippen LogP contribution >= 0.6 is 22.9 Å². The number of carbonyl (C=O) groups excluding carboxylic acids is 2. The van der Waals surface area contributed by atoms with Crippen LogP contribution in [0.25, 0.3) is 0 Å². The van der Waals surface area contributed by atoms with E-state index in [1.807, 2.05) is 30.3 Å². The summed E-state index contributed by atoms with van der Waals surface area (Å²) < 4.78 is 28.2. The van der Waals surface area contributed by atoms with Crippen molar-refractivity contribution in [3.63, 3.8) is 0 Å². The number of Topliss-reactive ketones (excluding diaryl/α,β-unsaturated/α-hetero) is 1. The molecule has 0 radical (unpaired) electrons. The number of carbonyl (C=O) groups is 2. The summed E-state index contributed by atoms with van der Waals surface area (Å²) in [5.74, 6) is -1.33. The molecule has 36 heavy (non-hydrogen) atoms. The molecule has 0 saturated carbocycles. The average Bonchev–Trinajstić information content (AvgIpc) is 3.22. The van der Waals surface area contributed by atoms with Gasteiger partial charge in [-0.15, -0.1) is 11.3 Å². The van der Waals surface area contributed by atoms with Gasteiger partial charge in [0.15, 0.2) is 21.7 Å². The number of aliphatic hydroxyl groups is 1. The molecule has 1 aromatic heterocycles. The van der Waals surface area contributed by atoms with E-state index < -0.39 is 33.4 Å². The summed E-state index contributed by atoms with van der Waals surface area (Å²) >= 11 is 7.18. The number of rotatable bonds is 12. The Labute approximate surface area is 219 Å². The molecule has 11 heteroatoms. The first-order chi connectivity index (χ1) is 17.1. The van der Waals surface area contributed by atoms with E-state index in [1.54, 1.807) is 24.3 Å². The number of aliphatic hydroxyl groups excluding tert-OH is 1. The van der Waals surface area contributed by atoms with Crippen molar-refractivity contribution in [2.75, 3.05) is 25.7 Å². The van der Waals surface area contributed by atoms with E-state index in [0.717, 1.165) is 29.6 Å². The van der Waals surface area contributed by atoms with Gasteiger partial charge in [0.2, 0.25) is 0 Å². The van der Waals surface area contributed by atoms with Crippen LogP contribution in [0.3, 0.4) is 0 Å². The van der Waals surface area contributed by atoms with Crippen molar-refractivity contribution in [1.82, 2.24) is 9.88 Å². The monoisotopic (exact) mass is 550 g/mol. The van der Waals surface area contributed by atoms with Crippen LogP contribution in [0.4, 0.5) is 0 Å². The third-order valence-corrected chi connectivity index (χ3v) is 7.35. The second kappa shape index (κ2) is 12.4. The first-order valence-corrected chi connectivity index (χ1v) is 14.3. The van der Waals surface area contributed by atoms with Gasteiger partial charge in [-0.1, -0.05) is 54.1 Å². The third-order valence-electron chi connectivity index (χ3n) is 5.33. The van der Waals surface area contributed by atoms with Crippen molar-refractivity contribution in [1.29, 1.82) is 0 Å². The highest BCUT2D eigenvalue weighted by molar-refractivity contribution is 7.91. The summed E-state index contributed by atoms with van der Waals surface area (Å²) in [5.41, 5.74) is 1.40. The highest BCUT2D eigenvalue weighted by Gasteiger charge is 2.27. The largest absolute Gasteiger partial charge is 0.497 e. The fourth-order valence-electron chi connectivity index (χ4n) is 3.54. The Morgan fingerprint density at radius 2 is 1.81 bits per heavy atom. The number of sulfone groups is 1. The molecule has 0 spiro atoms. The molecule has 3 aromatic rings. The minimum atomic E-state index is -3.55. The number of methoxy groups -OCH3 is 1. The predicted octanol–water partition coefficient (Wildman–Crippen LogP) is 3.73. The van der Waals surface area contributed by atoms with Crippen LogP contribution in [0.5, 0.6) is 5.75 Å². The van der Waals surface area contributed by atoms with Crippen LogP contribution < -0.4 is 4.74 Å². The minimum Gasteiger partial charge on any atom is -0.497 e. The minimum absolute atomic E-state index is 0.0113. The van der Waals surface area contributed by atoms with Crippen molar-refractivity contribution in [3.8, 4) is 5.75 Å². The van der Waals surface area contributed by atoms with Crippen LogP contribution in [-0.4, -0.2) is 60.8 Å². The lowest BCUT2D eigenvalue weighted by Crippen LogP contribution is -2.35. The van der Waals surface area contributed by atoms with Crippen molar-refractivity contribution in [2.45, 2.75) is 25.5 Å². The topological polar surface area (TPSA) is 114 Å². The van der Waals surface area contributed by atoms with Crippen LogP contribution in [-0.2, 0) is 27.6 Å². The number of thiazole rings is 1. The lowest BCUT2D eigenvalue weighted by Gasteiger charge is -2.25. The van der Waals surface area contributed by atoms with Crippen molar-refractivity contribution < 1.29 is 27.9 Å². The Morgan fingerprint density at radius 3 is 2.42 bits per heavy atom. The molecule has 0 aliphatic heterocycles. The molecular formula is C25H27ClN2O6S2. The Kier molecular flexibility index (Phi) is 9.61. The lowest BCUT2D eigenvalue weighted by molar-refractivity contribution is -0.141. The number of hydrogen-bond acceptors (Lipinski definition) is 8. The summed E-state index contributed by atoms with van der Waals surface area (Å²) in [6.45, 7) is 0.335. The molecule has 1 N–H and O–H groups in total.